The molecule has 0 aromatic carbocycles. The largest absolute Gasteiger partial charge is 0.311 e. The minimum Gasteiger partial charge on any atom is -0.311 e. The van der Waals surface area contributed by atoms with Crippen LogP contribution < -0.4 is 5.32 Å². The highest BCUT2D eigenvalue weighted by Gasteiger charge is 2.37. The molecule has 0 amide bonds. The van der Waals surface area contributed by atoms with Gasteiger partial charge in [0.2, 0.25) is 0 Å². The minimum absolute atomic E-state index is 0.425. The van der Waals surface area contributed by atoms with Crippen molar-refractivity contribution in [2.45, 2.75) is 6.23 Å². The summed E-state index contributed by atoms with van der Waals surface area (Å²) < 4.78 is 0. The van der Waals surface area contributed by atoms with Crippen LogP contribution in [0.3, 0.4) is 0 Å². The fourth-order valence-corrected chi connectivity index (χ4v) is 0.880. The van der Waals surface area contributed by atoms with E-state index >= 15 is 0 Å². The van der Waals surface area contributed by atoms with Gasteiger partial charge in [-0.25, -0.2) is 0 Å². The quantitative estimate of drug-likeness (QED) is 0.402. The van der Waals surface area contributed by atoms with E-state index in [0.29, 0.717) is 6.23 Å². The molecular weight excluding hydrogens is 92.1 g/mol. The standard InChI is InChI=1S/C4H8N2O/c1-2-6-4(7-6)3-5-1/h4-5H,1-3H2. The third-order valence-corrected chi connectivity index (χ3v) is 1.36. The molecule has 2 aliphatic rings. The first-order valence-corrected chi connectivity index (χ1v) is 2.61. The molecule has 2 aliphatic heterocycles. The number of hydrogen-bond acceptors (Lipinski definition) is 3. The van der Waals surface area contributed by atoms with Crippen LogP contribution in [-0.4, -0.2) is 30.9 Å². The van der Waals surface area contributed by atoms with Crippen LogP contribution in [0, 0.1) is 0 Å². The summed E-state index contributed by atoms with van der Waals surface area (Å²) in [7, 11) is 0. The number of hydrogen-bond donors (Lipinski definition) is 1. The van der Waals surface area contributed by atoms with E-state index in [1.807, 2.05) is 5.06 Å². The van der Waals surface area contributed by atoms with Crippen LogP contribution in [0.2, 0.25) is 0 Å². The Morgan fingerprint density at radius 2 is 2.71 bits per heavy atom. The topological polar surface area (TPSA) is 27.6 Å². The van der Waals surface area contributed by atoms with Gasteiger partial charge in [-0.3, -0.25) is 4.84 Å². The van der Waals surface area contributed by atoms with E-state index in [-0.39, 0.29) is 0 Å². The summed E-state index contributed by atoms with van der Waals surface area (Å²) in [6, 6.07) is 0. The Hall–Kier alpha value is -0.120. The molecule has 2 unspecified atom stereocenters. The van der Waals surface area contributed by atoms with Gasteiger partial charge in [-0.05, 0) is 0 Å². The predicted molar refractivity (Wildman–Crippen MR) is 24.4 cm³/mol. The lowest BCUT2D eigenvalue weighted by Crippen LogP contribution is -2.33. The van der Waals surface area contributed by atoms with Gasteiger partial charge in [0, 0.05) is 19.6 Å². The lowest BCUT2D eigenvalue weighted by atomic mass is 10.4. The maximum atomic E-state index is 5.05. The van der Waals surface area contributed by atoms with Crippen LogP contribution in [-0.2, 0) is 4.84 Å². The molecule has 0 aliphatic carbocycles. The van der Waals surface area contributed by atoms with Crippen molar-refractivity contribution >= 4 is 0 Å². The molecule has 0 radical (unpaired) electrons. The third kappa shape index (κ3) is 0.534. The summed E-state index contributed by atoms with van der Waals surface area (Å²) in [4.78, 5) is 5.05. The van der Waals surface area contributed by atoms with E-state index in [1.54, 1.807) is 0 Å². The van der Waals surface area contributed by atoms with Gasteiger partial charge >= 0.3 is 0 Å². The van der Waals surface area contributed by atoms with Crippen LogP contribution in [0.1, 0.15) is 0 Å². The molecule has 0 aromatic heterocycles. The average molecular weight is 100 g/mol. The SMILES string of the molecule is C1CN2OC2CN1. The van der Waals surface area contributed by atoms with Gasteiger partial charge in [0.25, 0.3) is 0 Å². The van der Waals surface area contributed by atoms with Crippen LogP contribution >= 0.6 is 0 Å². The maximum absolute atomic E-state index is 5.05. The van der Waals surface area contributed by atoms with Crippen LogP contribution in [0.5, 0.6) is 0 Å². The second kappa shape index (κ2) is 1.18. The highest BCUT2D eigenvalue weighted by molar-refractivity contribution is 4.74. The fourth-order valence-electron chi connectivity index (χ4n) is 0.880. The first-order chi connectivity index (χ1) is 3.47. The maximum Gasteiger partial charge on any atom is 0.167 e. The second-order valence-corrected chi connectivity index (χ2v) is 1.90. The number of nitrogens with one attached hydrogen (secondary N) is 1. The Morgan fingerprint density at radius 3 is 3.29 bits per heavy atom. The Bertz CT molecular complexity index is 75.8. The van der Waals surface area contributed by atoms with Crippen molar-refractivity contribution in [3.8, 4) is 0 Å². The predicted octanol–water partition coefficient (Wildman–Crippen LogP) is -0.837. The summed E-state index contributed by atoms with van der Waals surface area (Å²) in [5, 5.41) is 5.21. The van der Waals surface area contributed by atoms with Crippen LogP contribution in [0.15, 0.2) is 0 Å². The zero-order valence-electron chi connectivity index (χ0n) is 4.05. The highest BCUT2D eigenvalue weighted by atomic mass is 16.8. The molecule has 3 heteroatoms. The Balaban J connectivity index is 1.95. The van der Waals surface area contributed by atoms with Crippen molar-refractivity contribution < 1.29 is 4.84 Å². The van der Waals surface area contributed by atoms with E-state index in [9.17, 15) is 0 Å². The number of hydroxylamine groups is 2. The van der Waals surface area contributed by atoms with Gasteiger partial charge in [-0.1, -0.05) is 0 Å². The number of piperazine rings is 1. The molecule has 40 valence electrons. The molecule has 2 fully saturated rings. The van der Waals surface area contributed by atoms with Crippen LogP contribution in [0.4, 0.5) is 0 Å². The fraction of sp³-hybridized carbons (Fsp3) is 1.00. The smallest absolute Gasteiger partial charge is 0.167 e. The molecule has 0 bridgehead atoms. The van der Waals surface area contributed by atoms with Gasteiger partial charge in [-0.2, -0.15) is 5.06 Å². The van der Waals surface area contributed by atoms with E-state index in [2.05, 4.69) is 5.32 Å². The molecule has 7 heavy (non-hydrogen) atoms. The molecule has 0 saturated carbocycles. The number of nitrogens with zero attached hydrogens (tertiary/aromatic N) is 1. The second-order valence-electron chi connectivity index (χ2n) is 1.90. The first-order valence-electron chi connectivity index (χ1n) is 2.61. The monoisotopic (exact) mass is 100 g/mol. The van der Waals surface area contributed by atoms with Crippen molar-refractivity contribution in [1.82, 2.24) is 10.4 Å². The summed E-state index contributed by atoms with van der Waals surface area (Å²) in [6.45, 7) is 3.15. The molecular formula is C4H8N2O. The number of fused-ring (bicyclic) bond motifs is 1. The van der Waals surface area contributed by atoms with E-state index in [0.717, 1.165) is 19.6 Å². The zero-order chi connectivity index (χ0) is 4.69. The van der Waals surface area contributed by atoms with E-state index in [4.69, 9.17) is 4.84 Å². The molecule has 1 N–H and O–H groups in total. The van der Waals surface area contributed by atoms with Crippen molar-refractivity contribution in [3.05, 3.63) is 0 Å². The third-order valence-electron chi connectivity index (χ3n) is 1.36. The van der Waals surface area contributed by atoms with E-state index < -0.39 is 0 Å². The Morgan fingerprint density at radius 1 is 1.71 bits per heavy atom. The highest BCUT2D eigenvalue weighted by Crippen LogP contribution is 2.19. The normalized spacial score (nSPS) is 48.0. The van der Waals surface area contributed by atoms with Crippen molar-refractivity contribution in [2.75, 3.05) is 19.6 Å². The van der Waals surface area contributed by atoms with Gasteiger partial charge in [0.05, 0.1) is 0 Å². The van der Waals surface area contributed by atoms with Gasteiger partial charge in [-0.15, -0.1) is 0 Å². The Kier molecular flexibility index (Phi) is 0.647. The van der Waals surface area contributed by atoms with Crippen molar-refractivity contribution in [1.29, 1.82) is 0 Å². The Labute approximate surface area is 42.2 Å². The molecule has 0 aromatic rings. The summed E-state index contributed by atoms with van der Waals surface area (Å²) in [6.07, 6.45) is 0.425. The lowest BCUT2D eigenvalue weighted by molar-refractivity contribution is 0.205. The van der Waals surface area contributed by atoms with Gasteiger partial charge < -0.3 is 5.32 Å². The first kappa shape index (κ1) is 3.83. The zero-order valence-corrected chi connectivity index (χ0v) is 4.05. The molecule has 2 rings (SSSR count). The van der Waals surface area contributed by atoms with Gasteiger partial charge in [0.1, 0.15) is 0 Å². The lowest BCUT2D eigenvalue weighted by Gasteiger charge is -2.05. The van der Waals surface area contributed by atoms with Crippen LogP contribution in [0.25, 0.3) is 0 Å². The minimum atomic E-state index is 0.425. The molecule has 0 spiro atoms. The molecule has 2 saturated heterocycles. The average Bonchev–Trinajstić information content (AvgIpc) is 2.41. The summed E-state index contributed by atoms with van der Waals surface area (Å²) in [5.41, 5.74) is 0. The summed E-state index contributed by atoms with van der Waals surface area (Å²) >= 11 is 0. The molecule has 2 atom stereocenters. The van der Waals surface area contributed by atoms with E-state index in [1.165, 1.54) is 0 Å². The number of rotatable bonds is 0. The molecule has 3 nitrogen and oxygen atoms in total. The van der Waals surface area contributed by atoms with Gasteiger partial charge in [0.15, 0.2) is 6.23 Å². The van der Waals surface area contributed by atoms with Crippen molar-refractivity contribution in [3.63, 3.8) is 0 Å². The van der Waals surface area contributed by atoms with Crippen molar-refractivity contribution in [2.24, 2.45) is 0 Å². The molecule has 2 heterocycles. The summed E-state index contributed by atoms with van der Waals surface area (Å²) in [5.74, 6) is 0.